The van der Waals surface area contributed by atoms with Gasteiger partial charge in [0.05, 0.1) is 11.2 Å². The van der Waals surface area contributed by atoms with Crippen molar-refractivity contribution in [3.63, 3.8) is 0 Å². The summed E-state index contributed by atoms with van der Waals surface area (Å²) < 4.78 is 5.99. The number of ether oxygens (including phenoxy) is 1. The van der Waals surface area contributed by atoms with Crippen LogP contribution in [0.4, 0.5) is 5.82 Å². The van der Waals surface area contributed by atoms with E-state index in [2.05, 4.69) is 71.5 Å². The lowest BCUT2D eigenvalue weighted by molar-refractivity contribution is -0.0102. The molecular formula is C39H61ClN6O2. The summed E-state index contributed by atoms with van der Waals surface area (Å²) in [6.07, 6.45) is 14.4. The van der Waals surface area contributed by atoms with Crippen LogP contribution in [0, 0.1) is 22.7 Å². The Kier molecular flexibility index (Phi) is 12.3. The summed E-state index contributed by atoms with van der Waals surface area (Å²) >= 11 is 5.93. The molecule has 4 atom stereocenters. The minimum atomic E-state index is -0.174. The SMILES string of the molecule is CCC(C)(C)C1CCC(N2CC(Oc3ccc(C(=O)NC)nc3)C2)C1.CCC(C)(C)C1CC[C@@H](N2CCN(c3ccc(Cl)cn3)CC2)C1. The number of aromatic nitrogens is 2. The second-order valence-electron chi connectivity index (χ2n) is 16.0. The molecule has 4 heterocycles. The second-order valence-corrected chi connectivity index (χ2v) is 16.5. The molecule has 4 aliphatic rings. The van der Waals surface area contributed by atoms with Crippen molar-refractivity contribution in [1.82, 2.24) is 25.1 Å². The Bertz CT molecular complexity index is 1300. The maximum Gasteiger partial charge on any atom is 0.269 e. The average Bonchev–Trinajstić information content (AvgIpc) is 3.79. The van der Waals surface area contributed by atoms with E-state index in [4.69, 9.17) is 16.3 Å². The van der Waals surface area contributed by atoms with Crippen LogP contribution in [0.3, 0.4) is 0 Å². The quantitative estimate of drug-likeness (QED) is 0.278. The summed E-state index contributed by atoms with van der Waals surface area (Å²) in [7, 11) is 1.60. The van der Waals surface area contributed by atoms with Gasteiger partial charge in [0.25, 0.3) is 5.91 Å². The van der Waals surface area contributed by atoms with Gasteiger partial charge < -0.3 is 15.0 Å². The Morgan fingerprint density at radius 3 is 1.94 bits per heavy atom. The maximum absolute atomic E-state index is 11.5. The molecule has 0 radical (unpaired) electrons. The molecule has 0 bridgehead atoms. The zero-order valence-corrected chi connectivity index (χ0v) is 31.4. The molecule has 1 amide bonds. The highest BCUT2D eigenvalue weighted by Gasteiger charge is 2.41. The van der Waals surface area contributed by atoms with E-state index in [1.54, 1.807) is 25.5 Å². The van der Waals surface area contributed by atoms with Crippen LogP contribution in [-0.4, -0.2) is 90.2 Å². The van der Waals surface area contributed by atoms with Crippen LogP contribution in [0.1, 0.15) is 103 Å². The van der Waals surface area contributed by atoms with Crippen LogP contribution in [0.2, 0.25) is 5.02 Å². The number of anilines is 1. The molecule has 2 aromatic rings. The summed E-state index contributed by atoms with van der Waals surface area (Å²) in [6, 6.07) is 9.03. The molecular weight excluding hydrogens is 620 g/mol. The topological polar surface area (TPSA) is 73.8 Å². The molecule has 0 spiro atoms. The van der Waals surface area contributed by atoms with Gasteiger partial charge in [-0.2, -0.15) is 0 Å². The van der Waals surface area contributed by atoms with E-state index >= 15 is 0 Å². The van der Waals surface area contributed by atoms with Gasteiger partial charge in [0, 0.05) is 64.6 Å². The van der Waals surface area contributed by atoms with Gasteiger partial charge in [-0.05, 0) is 85.5 Å². The number of halogens is 1. The highest BCUT2D eigenvalue weighted by molar-refractivity contribution is 6.30. The number of nitrogens with zero attached hydrogens (tertiary/aromatic N) is 5. The monoisotopic (exact) mass is 680 g/mol. The van der Waals surface area contributed by atoms with E-state index in [9.17, 15) is 4.79 Å². The number of carbonyl (C=O) groups excluding carboxylic acids is 1. The number of hydrogen-bond donors (Lipinski definition) is 1. The van der Waals surface area contributed by atoms with E-state index in [1.165, 1.54) is 51.4 Å². The normalized spacial score (nSPS) is 25.7. The predicted molar refractivity (Wildman–Crippen MR) is 197 cm³/mol. The zero-order chi connectivity index (χ0) is 34.5. The van der Waals surface area contributed by atoms with Crippen molar-refractivity contribution < 1.29 is 9.53 Å². The number of carbonyl (C=O) groups is 1. The summed E-state index contributed by atoms with van der Waals surface area (Å²) in [5, 5.41) is 3.28. The van der Waals surface area contributed by atoms with E-state index in [-0.39, 0.29) is 12.0 Å². The van der Waals surface area contributed by atoms with E-state index < -0.39 is 0 Å². The second kappa shape index (κ2) is 16.1. The smallest absolute Gasteiger partial charge is 0.269 e. The van der Waals surface area contributed by atoms with E-state index in [0.29, 0.717) is 21.5 Å². The van der Waals surface area contributed by atoms with E-state index in [0.717, 1.165) is 74.8 Å². The zero-order valence-electron chi connectivity index (χ0n) is 30.7. The molecule has 3 unspecified atom stereocenters. The first kappa shape index (κ1) is 36.9. The lowest BCUT2D eigenvalue weighted by atomic mass is 9.75. The van der Waals surface area contributed by atoms with Crippen molar-refractivity contribution in [2.45, 2.75) is 111 Å². The fourth-order valence-electron chi connectivity index (χ4n) is 8.19. The molecule has 0 aromatic carbocycles. The summed E-state index contributed by atoms with van der Waals surface area (Å²) in [5.41, 5.74) is 1.39. The third-order valence-corrected chi connectivity index (χ3v) is 12.8. The Balaban J connectivity index is 0.000000188. The van der Waals surface area contributed by atoms with Gasteiger partial charge in [-0.1, -0.05) is 66.0 Å². The van der Waals surface area contributed by atoms with Gasteiger partial charge in [0.15, 0.2) is 0 Å². The first-order valence-corrected chi connectivity index (χ1v) is 19.0. The van der Waals surface area contributed by atoms with Crippen molar-refractivity contribution >= 4 is 23.3 Å². The molecule has 48 heavy (non-hydrogen) atoms. The van der Waals surface area contributed by atoms with Crippen LogP contribution in [-0.2, 0) is 0 Å². The van der Waals surface area contributed by atoms with Gasteiger partial charge in [-0.15, -0.1) is 0 Å². The molecule has 2 aliphatic heterocycles. The molecule has 266 valence electrons. The molecule has 1 N–H and O–H groups in total. The Hall–Kier alpha value is -2.42. The maximum atomic E-state index is 11.5. The van der Waals surface area contributed by atoms with Crippen molar-refractivity contribution in [2.75, 3.05) is 51.2 Å². The minimum Gasteiger partial charge on any atom is -0.486 e. The first-order chi connectivity index (χ1) is 22.9. The molecule has 2 aromatic heterocycles. The van der Waals surface area contributed by atoms with Crippen LogP contribution in [0.5, 0.6) is 5.75 Å². The first-order valence-electron chi connectivity index (χ1n) is 18.6. The summed E-state index contributed by atoms with van der Waals surface area (Å²) in [5.74, 6) is 3.38. The molecule has 2 aliphatic carbocycles. The number of piperazine rings is 1. The summed E-state index contributed by atoms with van der Waals surface area (Å²) in [6.45, 7) is 20.9. The predicted octanol–water partition coefficient (Wildman–Crippen LogP) is 7.57. The molecule has 9 heteroatoms. The van der Waals surface area contributed by atoms with Gasteiger partial charge >= 0.3 is 0 Å². The lowest BCUT2D eigenvalue weighted by Gasteiger charge is -2.43. The third kappa shape index (κ3) is 9.02. The largest absolute Gasteiger partial charge is 0.486 e. The van der Waals surface area contributed by atoms with Gasteiger partial charge in [0.1, 0.15) is 23.4 Å². The lowest BCUT2D eigenvalue weighted by Crippen LogP contribution is -2.57. The highest BCUT2D eigenvalue weighted by atomic mass is 35.5. The minimum absolute atomic E-state index is 0.174. The molecule has 4 fully saturated rings. The van der Waals surface area contributed by atoms with Crippen molar-refractivity contribution in [2.24, 2.45) is 22.7 Å². The Morgan fingerprint density at radius 2 is 1.44 bits per heavy atom. The molecule has 6 rings (SSSR count). The number of hydrogen-bond acceptors (Lipinski definition) is 7. The van der Waals surface area contributed by atoms with Crippen molar-refractivity contribution in [3.05, 3.63) is 47.4 Å². The van der Waals surface area contributed by atoms with Crippen LogP contribution in [0.25, 0.3) is 0 Å². The van der Waals surface area contributed by atoms with Gasteiger partial charge in [-0.25, -0.2) is 9.97 Å². The fraction of sp³-hybridized carbons (Fsp3) is 0.718. The Labute approximate surface area is 295 Å². The molecule has 8 nitrogen and oxygen atoms in total. The number of rotatable bonds is 10. The average molecular weight is 681 g/mol. The number of likely N-dealkylation sites (tertiary alicyclic amines) is 1. The molecule has 2 saturated heterocycles. The van der Waals surface area contributed by atoms with Crippen LogP contribution in [0.15, 0.2) is 36.7 Å². The van der Waals surface area contributed by atoms with Crippen molar-refractivity contribution in [3.8, 4) is 5.75 Å². The standard InChI is InChI=1S/C20H31N3O2.C19H30ClN3/c1-5-20(2,3)14-6-7-15(10-14)23-12-17(13-23)25-16-8-9-18(22-11-16)19(24)21-4;1-4-19(2,3)15-5-7-17(13-15)22-9-11-23(12-10-22)18-8-6-16(20)14-21-18/h8-9,11,14-15,17H,5-7,10,12-13H2,1-4H3,(H,21,24);6,8,14-15,17H,4-5,7,9-13H2,1-3H3/t;15?,17-/m.1/s1. The summed E-state index contributed by atoms with van der Waals surface area (Å²) in [4.78, 5) is 27.8. The van der Waals surface area contributed by atoms with Crippen LogP contribution < -0.4 is 15.0 Å². The van der Waals surface area contributed by atoms with Gasteiger partial charge in [-0.3, -0.25) is 14.6 Å². The Morgan fingerprint density at radius 1 is 0.833 bits per heavy atom. The van der Waals surface area contributed by atoms with Crippen molar-refractivity contribution in [1.29, 1.82) is 0 Å². The van der Waals surface area contributed by atoms with Gasteiger partial charge in [0.2, 0.25) is 0 Å². The number of nitrogens with one attached hydrogen (secondary N) is 1. The third-order valence-electron chi connectivity index (χ3n) is 12.6. The fourth-order valence-corrected chi connectivity index (χ4v) is 8.31. The molecule has 2 saturated carbocycles. The number of pyridine rings is 2. The van der Waals surface area contributed by atoms with E-state index in [1.807, 2.05) is 18.2 Å². The van der Waals surface area contributed by atoms with Crippen LogP contribution >= 0.6 is 11.6 Å². The number of amides is 1. The highest BCUT2D eigenvalue weighted by Crippen LogP contribution is 2.45.